The van der Waals surface area contributed by atoms with Crippen LogP contribution in [0.2, 0.25) is 10.0 Å². The summed E-state index contributed by atoms with van der Waals surface area (Å²) in [6.45, 7) is 3.19. The van der Waals surface area contributed by atoms with Crippen LogP contribution in [-0.4, -0.2) is 11.7 Å². The fourth-order valence-corrected chi connectivity index (χ4v) is 3.22. The highest BCUT2D eigenvalue weighted by atomic mass is 35.5. The number of furan rings is 1. The Morgan fingerprint density at radius 1 is 1.04 bits per heavy atom. The molecule has 3 nitrogen and oxygen atoms in total. The first kappa shape index (κ1) is 21.8. The van der Waals surface area contributed by atoms with Gasteiger partial charge in [-0.3, -0.25) is 0 Å². The van der Waals surface area contributed by atoms with Gasteiger partial charge in [-0.25, -0.2) is 0 Å². The van der Waals surface area contributed by atoms with E-state index in [1.807, 2.05) is 48.5 Å². The van der Waals surface area contributed by atoms with E-state index in [-0.39, 0.29) is 12.4 Å². The average molecular weight is 427 g/mol. The zero-order valence-corrected chi connectivity index (χ0v) is 17.2. The second kappa shape index (κ2) is 10.2. The molecule has 2 aromatic carbocycles. The molecule has 144 valence electrons. The van der Waals surface area contributed by atoms with Crippen LogP contribution in [0.3, 0.4) is 0 Å². The Bertz CT molecular complexity index is 860. The van der Waals surface area contributed by atoms with Crippen molar-refractivity contribution < 1.29 is 9.52 Å². The van der Waals surface area contributed by atoms with Crippen LogP contribution < -0.4 is 5.32 Å². The number of nitrogens with one attached hydrogen (secondary N) is 1. The Morgan fingerprint density at radius 2 is 1.78 bits per heavy atom. The Morgan fingerprint density at radius 3 is 2.44 bits per heavy atom. The minimum absolute atomic E-state index is 0. The molecular formula is C21H22Cl3NO2. The smallest absolute Gasteiger partial charge is 0.134 e. The van der Waals surface area contributed by atoms with Crippen molar-refractivity contribution in [3.05, 3.63) is 81.5 Å². The SMILES string of the molecule is CC(O)c1ccc(-c2ccc(CNCCc3ccc(Cl)cc3Cl)o2)cc1.Cl. The Labute approximate surface area is 175 Å². The van der Waals surface area contributed by atoms with Crippen LogP contribution in [0.5, 0.6) is 0 Å². The van der Waals surface area contributed by atoms with Crippen LogP contribution in [0.25, 0.3) is 11.3 Å². The van der Waals surface area contributed by atoms with E-state index in [9.17, 15) is 5.11 Å². The lowest BCUT2D eigenvalue weighted by molar-refractivity contribution is 0.199. The largest absolute Gasteiger partial charge is 0.460 e. The van der Waals surface area contributed by atoms with Gasteiger partial charge in [0.15, 0.2) is 0 Å². The first-order valence-corrected chi connectivity index (χ1v) is 9.30. The molecule has 0 spiro atoms. The van der Waals surface area contributed by atoms with Crippen LogP contribution in [0.4, 0.5) is 0 Å². The van der Waals surface area contributed by atoms with Crippen LogP contribution in [0, 0.1) is 0 Å². The predicted molar refractivity (Wildman–Crippen MR) is 114 cm³/mol. The van der Waals surface area contributed by atoms with Gasteiger partial charge in [-0.15, -0.1) is 12.4 Å². The highest BCUT2D eigenvalue weighted by Gasteiger charge is 2.07. The van der Waals surface area contributed by atoms with Gasteiger partial charge in [0.05, 0.1) is 12.6 Å². The molecule has 0 fully saturated rings. The van der Waals surface area contributed by atoms with E-state index in [1.165, 1.54) is 0 Å². The van der Waals surface area contributed by atoms with Crippen molar-refractivity contribution in [1.82, 2.24) is 5.32 Å². The fourth-order valence-electron chi connectivity index (χ4n) is 2.71. The van der Waals surface area contributed by atoms with Gasteiger partial charge in [0, 0.05) is 15.6 Å². The average Bonchev–Trinajstić information content (AvgIpc) is 3.09. The van der Waals surface area contributed by atoms with Crippen LogP contribution in [0.1, 0.15) is 29.9 Å². The van der Waals surface area contributed by atoms with E-state index in [4.69, 9.17) is 27.6 Å². The van der Waals surface area contributed by atoms with Crippen molar-refractivity contribution in [2.24, 2.45) is 0 Å². The summed E-state index contributed by atoms with van der Waals surface area (Å²) in [7, 11) is 0. The van der Waals surface area contributed by atoms with Gasteiger partial charge >= 0.3 is 0 Å². The first-order valence-electron chi connectivity index (χ1n) is 8.54. The van der Waals surface area contributed by atoms with Gasteiger partial charge in [0.25, 0.3) is 0 Å². The molecule has 3 rings (SSSR count). The summed E-state index contributed by atoms with van der Waals surface area (Å²) in [4.78, 5) is 0. The molecule has 6 heteroatoms. The second-order valence-electron chi connectivity index (χ2n) is 6.23. The predicted octanol–water partition coefficient (Wildman–Crippen LogP) is 6.06. The number of halogens is 3. The van der Waals surface area contributed by atoms with E-state index in [1.54, 1.807) is 13.0 Å². The van der Waals surface area contributed by atoms with E-state index in [2.05, 4.69) is 5.32 Å². The lowest BCUT2D eigenvalue weighted by Gasteiger charge is -2.06. The number of hydrogen-bond donors (Lipinski definition) is 2. The molecule has 0 aliphatic carbocycles. The maximum absolute atomic E-state index is 9.58. The van der Waals surface area contributed by atoms with E-state index in [0.29, 0.717) is 16.6 Å². The van der Waals surface area contributed by atoms with Gasteiger partial charge in [-0.05, 0) is 55.3 Å². The summed E-state index contributed by atoms with van der Waals surface area (Å²) < 4.78 is 5.89. The van der Waals surface area contributed by atoms with Gasteiger partial charge in [0.1, 0.15) is 11.5 Å². The van der Waals surface area contributed by atoms with Crippen molar-refractivity contribution in [1.29, 1.82) is 0 Å². The minimum Gasteiger partial charge on any atom is -0.460 e. The summed E-state index contributed by atoms with van der Waals surface area (Å²) in [6, 6.07) is 17.2. The van der Waals surface area contributed by atoms with Crippen molar-refractivity contribution in [2.45, 2.75) is 26.0 Å². The Balaban J connectivity index is 0.00000261. The summed E-state index contributed by atoms with van der Waals surface area (Å²) in [5.41, 5.74) is 2.96. The molecular weight excluding hydrogens is 405 g/mol. The summed E-state index contributed by atoms with van der Waals surface area (Å²) >= 11 is 12.1. The molecule has 1 heterocycles. The maximum Gasteiger partial charge on any atom is 0.134 e. The molecule has 27 heavy (non-hydrogen) atoms. The molecule has 1 aromatic heterocycles. The number of aliphatic hydroxyl groups is 1. The third-order valence-electron chi connectivity index (χ3n) is 4.22. The number of hydrogen-bond acceptors (Lipinski definition) is 3. The molecule has 0 aliphatic rings. The molecule has 1 atom stereocenters. The van der Waals surface area contributed by atoms with Crippen molar-refractivity contribution in [3.8, 4) is 11.3 Å². The molecule has 1 unspecified atom stereocenters. The quantitative estimate of drug-likeness (QED) is 0.451. The first-order chi connectivity index (χ1) is 12.5. The number of benzene rings is 2. The molecule has 0 saturated carbocycles. The summed E-state index contributed by atoms with van der Waals surface area (Å²) in [6.07, 6.45) is 0.360. The molecule has 0 bridgehead atoms. The van der Waals surface area contributed by atoms with Crippen LogP contribution in [0.15, 0.2) is 59.0 Å². The standard InChI is InChI=1S/C21H21Cl2NO2.ClH/c1-14(25)15-2-4-17(5-3-15)21-9-8-19(26-21)13-24-11-10-16-6-7-18(22)12-20(16)23;/h2-9,12,14,24-25H,10-11,13H2,1H3;1H. The molecule has 0 aliphatic heterocycles. The topological polar surface area (TPSA) is 45.4 Å². The van der Waals surface area contributed by atoms with Crippen molar-refractivity contribution in [3.63, 3.8) is 0 Å². The van der Waals surface area contributed by atoms with E-state index < -0.39 is 6.10 Å². The molecule has 0 saturated heterocycles. The summed E-state index contributed by atoms with van der Waals surface area (Å²) in [5, 5.41) is 14.3. The second-order valence-corrected chi connectivity index (χ2v) is 7.07. The van der Waals surface area contributed by atoms with Crippen LogP contribution in [-0.2, 0) is 13.0 Å². The summed E-state index contributed by atoms with van der Waals surface area (Å²) in [5.74, 6) is 1.70. The highest BCUT2D eigenvalue weighted by Crippen LogP contribution is 2.24. The van der Waals surface area contributed by atoms with Gasteiger partial charge < -0.3 is 14.8 Å². The lowest BCUT2D eigenvalue weighted by Crippen LogP contribution is -2.16. The normalized spacial score (nSPS) is 11.9. The van der Waals surface area contributed by atoms with Gasteiger partial charge in [0.2, 0.25) is 0 Å². The fraction of sp³-hybridized carbons (Fsp3) is 0.238. The van der Waals surface area contributed by atoms with Crippen molar-refractivity contribution in [2.75, 3.05) is 6.54 Å². The van der Waals surface area contributed by atoms with E-state index in [0.717, 1.165) is 41.2 Å². The Hall–Kier alpha value is -1.49. The van der Waals surface area contributed by atoms with E-state index >= 15 is 0 Å². The molecule has 0 radical (unpaired) electrons. The molecule has 0 amide bonds. The maximum atomic E-state index is 9.58. The Kier molecular flexibility index (Phi) is 8.21. The highest BCUT2D eigenvalue weighted by molar-refractivity contribution is 6.35. The lowest BCUT2D eigenvalue weighted by atomic mass is 10.1. The van der Waals surface area contributed by atoms with Crippen molar-refractivity contribution >= 4 is 35.6 Å². The number of aliphatic hydroxyl groups excluding tert-OH is 1. The molecule has 3 aromatic rings. The zero-order valence-electron chi connectivity index (χ0n) is 14.9. The van der Waals surface area contributed by atoms with Gasteiger partial charge in [-0.2, -0.15) is 0 Å². The monoisotopic (exact) mass is 425 g/mol. The zero-order chi connectivity index (χ0) is 18.5. The minimum atomic E-state index is -0.463. The third-order valence-corrected chi connectivity index (χ3v) is 4.81. The molecule has 2 N–H and O–H groups in total. The number of rotatable bonds is 7. The van der Waals surface area contributed by atoms with Gasteiger partial charge in [-0.1, -0.05) is 53.5 Å². The van der Waals surface area contributed by atoms with Crippen LogP contribution >= 0.6 is 35.6 Å². The third kappa shape index (κ3) is 6.00.